The number of nitro benzene ring substituents is 1. The van der Waals surface area contributed by atoms with Crippen LogP contribution in [0.1, 0.15) is 19.8 Å². The van der Waals surface area contributed by atoms with Gasteiger partial charge in [0, 0.05) is 11.0 Å². The van der Waals surface area contributed by atoms with Crippen LogP contribution in [0.4, 0.5) is 5.69 Å². The van der Waals surface area contributed by atoms with E-state index in [-0.39, 0.29) is 10.7 Å². The summed E-state index contributed by atoms with van der Waals surface area (Å²) in [7, 11) is 0. The highest BCUT2D eigenvalue weighted by Gasteiger charge is 2.11. The van der Waals surface area contributed by atoms with Crippen LogP contribution in [-0.4, -0.2) is 10.7 Å². The van der Waals surface area contributed by atoms with Gasteiger partial charge in [0.25, 0.3) is 5.69 Å². The minimum Gasteiger partial charge on any atom is -0.258 e. The minimum atomic E-state index is -0.469. The van der Waals surface area contributed by atoms with Crippen molar-refractivity contribution in [3.63, 3.8) is 0 Å². The molecule has 0 N–H and O–H groups in total. The Balaban J connectivity index is 2.69. The number of nitro groups is 1. The molecule has 1 aromatic carbocycles. The lowest BCUT2D eigenvalue weighted by Crippen LogP contribution is -1.89. The zero-order valence-corrected chi connectivity index (χ0v) is 9.98. The van der Waals surface area contributed by atoms with Crippen LogP contribution in [0.2, 0.25) is 5.02 Å². The summed E-state index contributed by atoms with van der Waals surface area (Å²) < 4.78 is 0. The number of nitrogens with zero attached hydrogens (tertiary/aromatic N) is 1. The van der Waals surface area contributed by atoms with E-state index in [9.17, 15) is 10.1 Å². The number of unbranched alkanes of at least 4 members (excludes halogenated alkanes) is 1. The fourth-order valence-electron chi connectivity index (χ4n) is 1.06. The van der Waals surface area contributed by atoms with Gasteiger partial charge in [0.15, 0.2) is 0 Å². The molecule has 0 heterocycles. The lowest BCUT2D eigenvalue weighted by Gasteiger charge is -2.01. The van der Waals surface area contributed by atoms with Gasteiger partial charge in [-0.2, -0.15) is 0 Å². The zero-order chi connectivity index (χ0) is 11.3. The second-order valence-corrected chi connectivity index (χ2v) is 4.65. The summed E-state index contributed by atoms with van der Waals surface area (Å²) in [6.45, 7) is 2.13. The third kappa shape index (κ3) is 3.72. The summed E-state index contributed by atoms with van der Waals surface area (Å²) in [6.07, 6.45) is 2.28. The number of thioether (sulfide) groups is 1. The molecule has 0 aliphatic heterocycles. The summed E-state index contributed by atoms with van der Waals surface area (Å²) >= 11 is 7.45. The van der Waals surface area contributed by atoms with Gasteiger partial charge in [-0.1, -0.05) is 24.9 Å². The van der Waals surface area contributed by atoms with Crippen LogP contribution in [0.15, 0.2) is 23.1 Å². The first-order chi connectivity index (χ1) is 7.15. The molecular formula is C10H12ClNO2S. The van der Waals surface area contributed by atoms with Crippen molar-refractivity contribution in [2.24, 2.45) is 0 Å². The Kier molecular flexibility index (Phi) is 4.91. The summed E-state index contributed by atoms with van der Waals surface area (Å²) in [5, 5.41) is 10.7. The second-order valence-electron chi connectivity index (χ2n) is 3.07. The van der Waals surface area contributed by atoms with E-state index in [1.807, 2.05) is 0 Å². The minimum absolute atomic E-state index is 0.0310. The Labute approximate surface area is 98.0 Å². The molecule has 0 unspecified atom stereocenters. The van der Waals surface area contributed by atoms with Crippen molar-refractivity contribution < 1.29 is 4.92 Å². The van der Waals surface area contributed by atoms with Crippen molar-refractivity contribution >= 4 is 29.1 Å². The molecule has 0 fully saturated rings. The highest BCUT2D eigenvalue weighted by atomic mass is 35.5. The van der Waals surface area contributed by atoms with E-state index in [0.29, 0.717) is 0 Å². The van der Waals surface area contributed by atoms with Gasteiger partial charge in [0.05, 0.1) is 4.92 Å². The van der Waals surface area contributed by atoms with E-state index in [2.05, 4.69) is 6.92 Å². The molecule has 0 aliphatic carbocycles. The first kappa shape index (κ1) is 12.3. The molecule has 82 valence electrons. The van der Waals surface area contributed by atoms with Crippen LogP contribution in [0, 0.1) is 10.1 Å². The Morgan fingerprint density at radius 1 is 1.53 bits per heavy atom. The molecule has 3 nitrogen and oxygen atoms in total. The predicted molar refractivity (Wildman–Crippen MR) is 63.7 cm³/mol. The molecule has 0 amide bonds. The molecule has 0 spiro atoms. The van der Waals surface area contributed by atoms with Gasteiger partial charge in [0.2, 0.25) is 0 Å². The molecule has 0 saturated carbocycles. The molecule has 0 aliphatic rings. The topological polar surface area (TPSA) is 43.1 Å². The monoisotopic (exact) mass is 245 g/mol. The molecule has 1 rings (SSSR count). The van der Waals surface area contributed by atoms with Crippen molar-refractivity contribution in [3.05, 3.63) is 33.3 Å². The maximum atomic E-state index is 10.5. The van der Waals surface area contributed by atoms with Crippen LogP contribution in [0.5, 0.6) is 0 Å². The van der Waals surface area contributed by atoms with Gasteiger partial charge < -0.3 is 0 Å². The van der Waals surface area contributed by atoms with Crippen molar-refractivity contribution in [2.45, 2.75) is 24.7 Å². The van der Waals surface area contributed by atoms with Gasteiger partial charge in [-0.3, -0.25) is 10.1 Å². The standard InChI is InChI=1S/C10H12ClNO2S/c1-2-3-6-15-8-4-5-10(12(13)14)9(11)7-8/h4-5,7H,2-3,6H2,1H3. The molecule has 5 heteroatoms. The number of hydrogen-bond donors (Lipinski definition) is 0. The quantitative estimate of drug-likeness (QED) is 0.339. The highest BCUT2D eigenvalue weighted by molar-refractivity contribution is 7.99. The lowest BCUT2D eigenvalue weighted by atomic mass is 10.3. The van der Waals surface area contributed by atoms with E-state index >= 15 is 0 Å². The Morgan fingerprint density at radius 3 is 2.80 bits per heavy atom. The van der Waals surface area contributed by atoms with Gasteiger partial charge in [-0.25, -0.2) is 0 Å². The van der Waals surface area contributed by atoms with Crippen molar-refractivity contribution in [3.8, 4) is 0 Å². The smallest absolute Gasteiger partial charge is 0.258 e. The molecule has 0 atom stereocenters. The predicted octanol–water partition coefficient (Wildman–Crippen LogP) is 4.14. The van der Waals surface area contributed by atoms with Gasteiger partial charge in [-0.15, -0.1) is 11.8 Å². The third-order valence-corrected chi connectivity index (χ3v) is 3.27. The fraction of sp³-hybridized carbons (Fsp3) is 0.400. The average molecular weight is 246 g/mol. The van der Waals surface area contributed by atoms with E-state index < -0.39 is 4.92 Å². The zero-order valence-electron chi connectivity index (χ0n) is 8.40. The number of halogens is 1. The Morgan fingerprint density at radius 2 is 2.27 bits per heavy atom. The summed E-state index contributed by atoms with van der Waals surface area (Å²) in [4.78, 5) is 11.0. The van der Waals surface area contributed by atoms with E-state index in [1.165, 1.54) is 6.07 Å². The van der Waals surface area contributed by atoms with Crippen molar-refractivity contribution in [2.75, 3.05) is 5.75 Å². The largest absolute Gasteiger partial charge is 0.287 e. The maximum absolute atomic E-state index is 10.5. The van der Waals surface area contributed by atoms with Crippen LogP contribution in [0.3, 0.4) is 0 Å². The molecule has 0 aromatic heterocycles. The summed E-state index contributed by atoms with van der Waals surface area (Å²) in [5.74, 6) is 1.02. The van der Waals surface area contributed by atoms with Crippen molar-refractivity contribution in [1.29, 1.82) is 0 Å². The average Bonchev–Trinajstić information content (AvgIpc) is 2.17. The van der Waals surface area contributed by atoms with E-state index in [0.717, 1.165) is 23.5 Å². The summed E-state index contributed by atoms with van der Waals surface area (Å²) in [6, 6.07) is 4.85. The first-order valence-electron chi connectivity index (χ1n) is 4.72. The number of benzene rings is 1. The first-order valence-corrected chi connectivity index (χ1v) is 6.08. The van der Waals surface area contributed by atoms with Gasteiger partial charge in [-0.05, 0) is 24.3 Å². The highest BCUT2D eigenvalue weighted by Crippen LogP contribution is 2.29. The maximum Gasteiger partial charge on any atom is 0.287 e. The van der Waals surface area contributed by atoms with E-state index in [1.54, 1.807) is 23.9 Å². The molecule has 0 saturated heterocycles. The van der Waals surface area contributed by atoms with Crippen LogP contribution < -0.4 is 0 Å². The molecule has 15 heavy (non-hydrogen) atoms. The van der Waals surface area contributed by atoms with Gasteiger partial charge >= 0.3 is 0 Å². The molecule has 1 aromatic rings. The van der Waals surface area contributed by atoms with Gasteiger partial charge in [0.1, 0.15) is 5.02 Å². The van der Waals surface area contributed by atoms with Crippen LogP contribution in [0.25, 0.3) is 0 Å². The fourth-order valence-corrected chi connectivity index (χ4v) is 2.41. The Bertz CT molecular complexity index is 357. The molecule has 0 bridgehead atoms. The van der Waals surface area contributed by atoms with Crippen LogP contribution in [-0.2, 0) is 0 Å². The number of rotatable bonds is 5. The molecule has 0 radical (unpaired) electrons. The summed E-state index contributed by atoms with van der Waals surface area (Å²) in [5.41, 5.74) is -0.0310. The SMILES string of the molecule is CCCCSc1ccc([N+](=O)[O-])c(Cl)c1. The third-order valence-electron chi connectivity index (χ3n) is 1.88. The van der Waals surface area contributed by atoms with Crippen LogP contribution >= 0.6 is 23.4 Å². The van der Waals surface area contributed by atoms with E-state index in [4.69, 9.17) is 11.6 Å². The Hall–Kier alpha value is -0.740. The second kappa shape index (κ2) is 5.98. The number of hydrogen-bond acceptors (Lipinski definition) is 3. The van der Waals surface area contributed by atoms with Crippen molar-refractivity contribution in [1.82, 2.24) is 0 Å². The normalized spacial score (nSPS) is 10.3. The molecular weight excluding hydrogens is 234 g/mol. The lowest BCUT2D eigenvalue weighted by molar-refractivity contribution is -0.384.